The summed E-state index contributed by atoms with van der Waals surface area (Å²) in [7, 11) is 0. The molecule has 1 N–H and O–H groups in total. The van der Waals surface area contributed by atoms with E-state index in [9.17, 15) is 4.79 Å². The molecule has 3 aromatic carbocycles. The first kappa shape index (κ1) is 21.3. The summed E-state index contributed by atoms with van der Waals surface area (Å²) in [5.41, 5.74) is 4.83. The Balaban J connectivity index is 1.43. The molecule has 0 fully saturated rings. The molecule has 160 valence electrons. The molecular weight excluding hydrogens is 461 g/mol. The molecule has 1 heterocycles. The number of nitrogens with one attached hydrogen (secondary N) is 1. The predicted molar refractivity (Wildman–Crippen MR) is 134 cm³/mol. The molecule has 2 aliphatic rings. The van der Waals surface area contributed by atoms with Gasteiger partial charge in [0.2, 0.25) is 0 Å². The maximum atomic E-state index is 12.9. The van der Waals surface area contributed by atoms with Crippen LogP contribution in [0.15, 0.2) is 78.9 Å². The lowest BCUT2D eigenvalue weighted by molar-refractivity contribution is 0.104. The lowest BCUT2D eigenvalue weighted by Gasteiger charge is -2.37. The van der Waals surface area contributed by atoms with E-state index in [0.29, 0.717) is 21.5 Å². The topological polar surface area (TPSA) is 29.1 Å². The molecule has 0 saturated heterocycles. The summed E-state index contributed by atoms with van der Waals surface area (Å²) in [5.74, 6) is 0.600. The van der Waals surface area contributed by atoms with E-state index in [1.807, 2.05) is 42.5 Å². The fraction of sp³-hybridized carbons (Fsp3) is 0.148. The highest BCUT2D eigenvalue weighted by Crippen LogP contribution is 2.50. The molecule has 1 aliphatic heterocycles. The number of halogens is 3. The van der Waals surface area contributed by atoms with Crippen molar-refractivity contribution in [2.45, 2.75) is 18.4 Å². The minimum absolute atomic E-state index is 0.0674. The summed E-state index contributed by atoms with van der Waals surface area (Å²) < 4.78 is 0. The molecule has 0 amide bonds. The average molecular weight is 481 g/mol. The van der Waals surface area contributed by atoms with Crippen LogP contribution in [-0.2, 0) is 0 Å². The number of allylic oxidation sites excluding steroid dienone is 3. The highest BCUT2D eigenvalue weighted by Gasteiger charge is 2.38. The third-order valence-electron chi connectivity index (χ3n) is 6.27. The molecule has 0 unspecified atom stereocenters. The number of fused-ring (bicyclic) bond motifs is 3. The summed E-state index contributed by atoms with van der Waals surface area (Å²) in [6.07, 6.45) is 8.76. The highest BCUT2D eigenvalue weighted by molar-refractivity contribution is 6.43. The number of anilines is 1. The van der Waals surface area contributed by atoms with Crippen molar-refractivity contribution in [1.82, 2.24) is 0 Å². The van der Waals surface area contributed by atoms with Gasteiger partial charge < -0.3 is 5.32 Å². The van der Waals surface area contributed by atoms with Gasteiger partial charge in [-0.3, -0.25) is 4.79 Å². The second-order valence-corrected chi connectivity index (χ2v) is 9.39. The molecule has 5 heteroatoms. The van der Waals surface area contributed by atoms with Gasteiger partial charge in [0.15, 0.2) is 5.78 Å². The second kappa shape index (κ2) is 8.78. The zero-order valence-corrected chi connectivity index (χ0v) is 19.3. The van der Waals surface area contributed by atoms with Crippen LogP contribution in [0.1, 0.15) is 45.4 Å². The minimum atomic E-state index is -0.0674. The molecule has 3 aromatic rings. The SMILES string of the molecule is O=C(/C=C/c1cccc(Cl)c1Cl)c1ccc2c(c1)[C@@H]1C=CC[C@@H]1[C@@H](c1ccc(Cl)cc1)N2. The predicted octanol–water partition coefficient (Wildman–Crippen LogP) is 8.37. The Morgan fingerprint density at radius 2 is 1.81 bits per heavy atom. The second-order valence-electron chi connectivity index (χ2n) is 8.17. The largest absolute Gasteiger partial charge is 0.378 e. The van der Waals surface area contributed by atoms with E-state index in [2.05, 4.69) is 29.6 Å². The van der Waals surface area contributed by atoms with E-state index in [-0.39, 0.29) is 17.7 Å². The lowest BCUT2D eigenvalue weighted by atomic mass is 9.76. The smallest absolute Gasteiger partial charge is 0.185 e. The van der Waals surface area contributed by atoms with Gasteiger partial charge in [-0.2, -0.15) is 0 Å². The van der Waals surface area contributed by atoms with E-state index >= 15 is 0 Å². The zero-order chi connectivity index (χ0) is 22.2. The molecule has 0 bridgehead atoms. The van der Waals surface area contributed by atoms with Gasteiger partial charge in [-0.05, 0) is 77.6 Å². The first-order valence-corrected chi connectivity index (χ1v) is 11.6. The van der Waals surface area contributed by atoms with Crippen LogP contribution >= 0.6 is 34.8 Å². The van der Waals surface area contributed by atoms with Crippen molar-refractivity contribution in [3.05, 3.63) is 116 Å². The lowest BCUT2D eigenvalue weighted by Crippen LogP contribution is -2.29. The quantitative estimate of drug-likeness (QED) is 0.231. The molecule has 2 nitrogen and oxygen atoms in total. The van der Waals surface area contributed by atoms with Crippen LogP contribution in [-0.4, -0.2) is 5.78 Å². The van der Waals surface area contributed by atoms with Crippen molar-refractivity contribution in [2.24, 2.45) is 5.92 Å². The van der Waals surface area contributed by atoms with Gasteiger partial charge in [0.05, 0.1) is 16.1 Å². The van der Waals surface area contributed by atoms with Gasteiger partial charge in [0.25, 0.3) is 0 Å². The van der Waals surface area contributed by atoms with Crippen molar-refractivity contribution in [3.8, 4) is 0 Å². The number of ketones is 1. The third kappa shape index (κ3) is 3.99. The van der Waals surface area contributed by atoms with E-state index in [0.717, 1.165) is 28.3 Å². The Bertz CT molecular complexity index is 1250. The Hall–Kier alpha value is -2.52. The fourth-order valence-corrected chi connectivity index (χ4v) is 5.16. The van der Waals surface area contributed by atoms with Crippen molar-refractivity contribution in [2.75, 3.05) is 5.32 Å². The van der Waals surface area contributed by atoms with Gasteiger partial charge >= 0.3 is 0 Å². The fourth-order valence-electron chi connectivity index (χ4n) is 4.66. The van der Waals surface area contributed by atoms with Gasteiger partial charge in [0, 0.05) is 22.2 Å². The van der Waals surface area contributed by atoms with Gasteiger partial charge in [-0.1, -0.05) is 71.2 Å². The number of hydrogen-bond donors (Lipinski definition) is 1. The Morgan fingerprint density at radius 3 is 2.62 bits per heavy atom. The van der Waals surface area contributed by atoms with Crippen molar-refractivity contribution < 1.29 is 4.79 Å². The van der Waals surface area contributed by atoms with Gasteiger partial charge in [-0.25, -0.2) is 0 Å². The Morgan fingerprint density at radius 1 is 1.00 bits per heavy atom. The third-order valence-corrected chi connectivity index (χ3v) is 7.36. The normalized spacial score (nSPS) is 21.3. The van der Waals surface area contributed by atoms with Crippen LogP contribution in [0.3, 0.4) is 0 Å². The molecular formula is C27H20Cl3NO. The van der Waals surface area contributed by atoms with Crippen molar-refractivity contribution in [1.29, 1.82) is 0 Å². The standard InChI is InChI=1S/C27H20Cl3NO/c28-19-11-7-17(8-12-19)27-21-5-2-4-20(21)22-15-18(9-13-24(22)31-27)25(32)14-10-16-3-1-6-23(29)26(16)30/h1-4,6-15,20-21,27,31H,5H2/b14-10+/t20-,21+,27-/m1/s1. The van der Waals surface area contributed by atoms with Crippen molar-refractivity contribution >= 4 is 52.3 Å². The molecule has 5 rings (SSSR count). The first-order valence-electron chi connectivity index (χ1n) is 10.5. The molecule has 0 aromatic heterocycles. The summed E-state index contributed by atoms with van der Waals surface area (Å²) in [5, 5.41) is 5.35. The first-order chi connectivity index (χ1) is 15.5. The molecule has 0 saturated carbocycles. The Labute approximate surface area is 202 Å². The number of hydrogen-bond acceptors (Lipinski definition) is 2. The van der Waals surface area contributed by atoms with Gasteiger partial charge in [0.1, 0.15) is 0 Å². The van der Waals surface area contributed by atoms with Crippen LogP contribution in [0.4, 0.5) is 5.69 Å². The maximum Gasteiger partial charge on any atom is 0.185 e. The van der Waals surface area contributed by atoms with Crippen LogP contribution in [0, 0.1) is 5.92 Å². The summed E-state index contributed by atoms with van der Waals surface area (Å²) in [4.78, 5) is 12.9. The summed E-state index contributed by atoms with van der Waals surface area (Å²) in [6, 6.07) is 19.5. The zero-order valence-electron chi connectivity index (χ0n) is 17.1. The van der Waals surface area contributed by atoms with Crippen molar-refractivity contribution in [3.63, 3.8) is 0 Å². The molecule has 1 aliphatic carbocycles. The van der Waals surface area contributed by atoms with Gasteiger partial charge in [-0.15, -0.1) is 0 Å². The van der Waals surface area contributed by atoms with E-state index < -0.39 is 0 Å². The van der Waals surface area contributed by atoms with E-state index in [1.165, 1.54) is 5.56 Å². The van der Waals surface area contributed by atoms with Crippen LogP contribution in [0.25, 0.3) is 6.08 Å². The number of rotatable bonds is 4. The highest BCUT2D eigenvalue weighted by atomic mass is 35.5. The van der Waals surface area contributed by atoms with Crippen LogP contribution in [0.5, 0.6) is 0 Å². The Kier molecular flexibility index (Phi) is 5.86. The number of benzene rings is 3. The van der Waals surface area contributed by atoms with Crippen LogP contribution < -0.4 is 5.32 Å². The number of carbonyl (C=O) groups is 1. The molecule has 0 spiro atoms. The van der Waals surface area contributed by atoms with E-state index in [1.54, 1.807) is 18.2 Å². The maximum absolute atomic E-state index is 12.9. The minimum Gasteiger partial charge on any atom is -0.378 e. The van der Waals surface area contributed by atoms with Crippen LogP contribution in [0.2, 0.25) is 15.1 Å². The summed E-state index contributed by atoms with van der Waals surface area (Å²) in [6.45, 7) is 0. The molecule has 0 radical (unpaired) electrons. The van der Waals surface area contributed by atoms with E-state index in [4.69, 9.17) is 34.8 Å². The molecule has 32 heavy (non-hydrogen) atoms. The summed E-state index contributed by atoms with van der Waals surface area (Å²) >= 11 is 18.4. The monoisotopic (exact) mass is 479 g/mol. The molecule has 3 atom stereocenters. The number of carbonyl (C=O) groups excluding carboxylic acids is 1. The average Bonchev–Trinajstić information content (AvgIpc) is 3.30.